The topological polar surface area (TPSA) is 46.5 Å². The maximum Gasteiger partial charge on any atom is 0.307 e. The molecule has 0 aromatic heterocycles. The minimum atomic E-state index is -0.771. The van der Waals surface area contributed by atoms with Crippen LogP contribution in [0.4, 0.5) is 0 Å². The molecule has 1 saturated heterocycles. The first-order valence-electron chi connectivity index (χ1n) is 5.54. The molecule has 3 nitrogen and oxygen atoms in total. The second-order valence-corrected chi connectivity index (χ2v) is 5.58. The fourth-order valence-electron chi connectivity index (χ4n) is 2.33. The zero-order valence-electron chi connectivity index (χ0n) is 9.87. The minimum absolute atomic E-state index is 0.375. The van der Waals surface area contributed by atoms with Crippen LogP contribution in [0.25, 0.3) is 0 Å². The first kappa shape index (κ1) is 12.6. The monoisotopic (exact) mass is 298 g/mol. The van der Waals surface area contributed by atoms with Crippen LogP contribution in [-0.2, 0) is 14.9 Å². The Labute approximate surface area is 109 Å². The molecule has 1 atom stereocenters. The van der Waals surface area contributed by atoms with Crippen molar-refractivity contribution in [1.82, 2.24) is 0 Å². The van der Waals surface area contributed by atoms with Gasteiger partial charge in [-0.25, -0.2) is 0 Å². The number of aryl methyl sites for hydroxylation is 1. The van der Waals surface area contributed by atoms with Crippen molar-refractivity contribution in [3.8, 4) is 0 Å². The van der Waals surface area contributed by atoms with Crippen LogP contribution in [0.1, 0.15) is 18.1 Å². The van der Waals surface area contributed by atoms with Crippen molar-refractivity contribution in [3.63, 3.8) is 0 Å². The molecule has 4 heteroatoms. The van der Waals surface area contributed by atoms with Gasteiger partial charge in [-0.3, -0.25) is 4.79 Å². The number of benzene rings is 1. The standard InChI is InChI=1S/C13H15BrO3/c1-8-3-4-10(14)5-11(8)13(6-17-7-13)9(2)12(15)16/h3-5,9H,6-7H2,1-2H3,(H,15,16). The first-order chi connectivity index (χ1) is 7.97. The maximum atomic E-state index is 11.2. The number of ether oxygens (including phenoxy) is 1. The number of carboxylic acids is 1. The highest BCUT2D eigenvalue weighted by Gasteiger charge is 2.49. The van der Waals surface area contributed by atoms with E-state index in [1.165, 1.54) is 0 Å². The highest BCUT2D eigenvalue weighted by molar-refractivity contribution is 9.10. The highest BCUT2D eigenvalue weighted by Crippen LogP contribution is 2.42. The molecule has 17 heavy (non-hydrogen) atoms. The summed E-state index contributed by atoms with van der Waals surface area (Å²) in [6, 6.07) is 5.99. The van der Waals surface area contributed by atoms with Crippen LogP contribution in [0.5, 0.6) is 0 Å². The summed E-state index contributed by atoms with van der Waals surface area (Å²) in [5.41, 5.74) is 1.82. The van der Waals surface area contributed by atoms with Gasteiger partial charge < -0.3 is 9.84 Å². The summed E-state index contributed by atoms with van der Waals surface area (Å²) in [7, 11) is 0. The normalized spacial score (nSPS) is 19.5. The van der Waals surface area contributed by atoms with E-state index in [9.17, 15) is 9.90 Å². The van der Waals surface area contributed by atoms with Gasteiger partial charge in [0.25, 0.3) is 0 Å². The maximum absolute atomic E-state index is 11.2. The van der Waals surface area contributed by atoms with Crippen molar-refractivity contribution < 1.29 is 14.6 Å². The van der Waals surface area contributed by atoms with E-state index in [0.717, 1.165) is 15.6 Å². The lowest BCUT2D eigenvalue weighted by atomic mass is 9.68. The molecule has 0 aliphatic carbocycles. The smallest absolute Gasteiger partial charge is 0.307 e. The number of halogens is 1. The van der Waals surface area contributed by atoms with Gasteiger partial charge in [-0.1, -0.05) is 28.9 Å². The Balaban J connectivity index is 2.48. The summed E-state index contributed by atoms with van der Waals surface area (Å²) < 4.78 is 6.25. The third-order valence-electron chi connectivity index (χ3n) is 3.65. The predicted molar refractivity (Wildman–Crippen MR) is 68.2 cm³/mol. The molecule has 1 N–H and O–H groups in total. The Kier molecular flexibility index (Phi) is 3.27. The number of carbonyl (C=O) groups is 1. The van der Waals surface area contributed by atoms with Crippen LogP contribution < -0.4 is 0 Å². The zero-order chi connectivity index (χ0) is 12.6. The van der Waals surface area contributed by atoms with E-state index in [0.29, 0.717) is 13.2 Å². The van der Waals surface area contributed by atoms with Crippen LogP contribution in [-0.4, -0.2) is 24.3 Å². The average Bonchev–Trinajstić information content (AvgIpc) is 2.21. The van der Waals surface area contributed by atoms with Gasteiger partial charge in [0.05, 0.1) is 24.5 Å². The number of carboxylic acid groups (broad SMARTS) is 1. The van der Waals surface area contributed by atoms with Crippen molar-refractivity contribution in [2.75, 3.05) is 13.2 Å². The Morgan fingerprint density at radius 1 is 1.53 bits per heavy atom. The van der Waals surface area contributed by atoms with E-state index < -0.39 is 11.9 Å². The molecule has 1 fully saturated rings. The van der Waals surface area contributed by atoms with E-state index in [1.807, 2.05) is 25.1 Å². The fraction of sp³-hybridized carbons (Fsp3) is 0.462. The molecule has 1 aromatic carbocycles. The van der Waals surface area contributed by atoms with Crippen molar-refractivity contribution in [2.45, 2.75) is 19.3 Å². The van der Waals surface area contributed by atoms with Gasteiger partial charge in [0.1, 0.15) is 0 Å². The average molecular weight is 299 g/mol. The molecule has 2 rings (SSSR count). The van der Waals surface area contributed by atoms with Gasteiger partial charge in [0.2, 0.25) is 0 Å². The minimum Gasteiger partial charge on any atom is -0.481 e. The van der Waals surface area contributed by atoms with E-state index in [1.54, 1.807) is 6.92 Å². The number of rotatable bonds is 3. The molecule has 1 aliphatic heterocycles. The SMILES string of the molecule is Cc1ccc(Br)cc1C1(C(C)C(=O)O)COC1. The Hall–Kier alpha value is -0.870. The largest absolute Gasteiger partial charge is 0.481 e. The lowest BCUT2D eigenvalue weighted by Gasteiger charge is -2.45. The van der Waals surface area contributed by atoms with E-state index in [4.69, 9.17) is 4.74 Å². The third kappa shape index (κ3) is 2.00. The van der Waals surface area contributed by atoms with Crippen LogP contribution >= 0.6 is 15.9 Å². The molecule has 0 bridgehead atoms. The van der Waals surface area contributed by atoms with Crippen LogP contribution in [0.15, 0.2) is 22.7 Å². The fourth-order valence-corrected chi connectivity index (χ4v) is 2.69. The van der Waals surface area contributed by atoms with Crippen molar-refractivity contribution in [1.29, 1.82) is 0 Å². The van der Waals surface area contributed by atoms with Crippen LogP contribution in [0.3, 0.4) is 0 Å². The van der Waals surface area contributed by atoms with Crippen LogP contribution in [0.2, 0.25) is 0 Å². The van der Waals surface area contributed by atoms with Gasteiger partial charge in [0, 0.05) is 4.47 Å². The van der Waals surface area contributed by atoms with Crippen LogP contribution in [0, 0.1) is 12.8 Å². The second kappa shape index (κ2) is 4.42. The van der Waals surface area contributed by atoms with Gasteiger partial charge in [-0.2, -0.15) is 0 Å². The molecule has 0 radical (unpaired) electrons. The molecule has 0 saturated carbocycles. The summed E-state index contributed by atoms with van der Waals surface area (Å²) in [4.78, 5) is 11.2. The van der Waals surface area contributed by atoms with Gasteiger partial charge >= 0.3 is 5.97 Å². The molecular weight excluding hydrogens is 284 g/mol. The Morgan fingerprint density at radius 2 is 2.18 bits per heavy atom. The molecule has 1 unspecified atom stereocenters. The molecule has 1 aliphatic rings. The lowest BCUT2D eigenvalue weighted by molar-refractivity contribution is -0.155. The first-order valence-corrected chi connectivity index (χ1v) is 6.34. The summed E-state index contributed by atoms with van der Waals surface area (Å²) in [6.07, 6.45) is 0. The number of aliphatic carboxylic acids is 1. The highest BCUT2D eigenvalue weighted by atomic mass is 79.9. The van der Waals surface area contributed by atoms with Crippen molar-refractivity contribution in [3.05, 3.63) is 33.8 Å². The Bertz CT molecular complexity index is 452. The molecule has 0 spiro atoms. The number of hydrogen-bond donors (Lipinski definition) is 1. The van der Waals surface area contributed by atoms with Gasteiger partial charge in [0.15, 0.2) is 0 Å². The van der Waals surface area contributed by atoms with Gasteiger partial charge in [-0.15, -0.1) is 0 Å². The zero-order valence-corrected chi connectivity index (χ0v) is 11.5. The summed E-state index contributed by atoms with van der Waals surface area (Å²) >= 11 is 3.44. The quantitative estimate of drug-likeness (QED) is 0.933. The molecule has 92 valence electrons. The van der Waals surface area contributed by atoms with Crippen molar-refractivity contribution >= 4 is 21.9 Å². The molecular formula is C13H15BrO3. The summed E-state index contributed by atoms with van der Waals surface area (Å²) in [6.45, 7) is 4.73. The lowest BCUT2D eigenvalue weighted by Crippen LogP contribution is -2.54. The summed E-state index contributed by atoms with van der Waals surface area (Å²) in [5, 5.41) is 9.24. The number of hydrogen-bond acceptors (Lipinski definition) is 2. The predicted octanol–water partition coefficient (Wildman–Crippen LogP) is 2.75. The van der Waals surface area contributed by atoms with E-state index in [-0.39, 0.29) is 5.41 Å². The molecule has 1 heterocycles. The third-order valence-corrected chi connectivity index (χ3v) is 4.15. The van der Waals surface area contributed by atoms with E-state index in [2.05, 4.69) is 15.9 Å². The summed E-state index contributed by atoms with van der Waals surface area (Å²) in [5.74, 6) is -1.21. The van der Waals surface area contributed by atoms with E-state index >= 15 is 0 Å². The molecule has 0 amide bonds. The Morgan fingerprint density at radius 3 is 2.65 bits per heavy atom. The molecule has 1 aromatic rings. The van der Waals surface area contributed by atoms with Gasteiger partial charge in [-0.05, 0) is 30.2 Å². The second-order valence-electron chi connectivity index (χ2n) is 4.67. The van der Waals surface area contributed by atoms with Crippen molar-refractivity contribution in [2.24, 2.45) is 5.92 Å².